The molecule has 0 aromatic heterocycles. The van der Waals surface area contributed by atoms with Crippen LogP contribution in [0.15, 0.2) is 49.1 Å². The standard InChI is InChI=1S/C44H60ClN5O5S/c1-5-41(51)49-21-20-48-19-18-47(25-36(48)26-49)28-44(53)17-6-8-30(2)31(3)56(4,54)46-42(52)33-11-15-40-39(23-33)50(24-34-10-13-38(34)44)27-43(29-55-40)16-7-9-32-22-35(45)12-14-37(32)43/h5,11-12,14-15,22-23,30-31,34,36,38,53H,1,4,6-10,13,16-21,24-29H2,2-3H3,(H,46,52,54)/t30-,31+,34-,36?,38+,43-,44+,56?/m0/s1. The van der Waals surface area contributed by atoms with Gasteiger partial charge >= 0.3 is 0 Å². The number of hydrogen-bond donors (Lipinski definition) is 2. The van der Waals surface area contributed by atoms with Crippen molar-refractivity contribution in [3.05, 3.63) is 70.8 Å². The highest BCUT2D eigenvalue weighted by molar-refractivity contribution is 7.99. The molecule has 1 saturated carbocycles. The second-order valence-corrected chi connectivity index (χ2v) is 20.8. The number of fused-ring (bicyclic) bond motifs is 5. The van der Waals surface area contributed by atoms with Crippen LogP contribution in [-0.2, 0) is 26.3 Å². The molecular weight excluding hydrogens is 746 g/mol. The van der Waals surface area contributed by atoms with Crippen LogP contribution in [0.5, 0.6) is 5.75 Å². The van der Waals surface area contributed by atoms with Gasteiger partial charge in [-0.2, -0.15) is 0 Å². The smallest absolute Gasteiger partial charge is 0.262 e. The largest absolute Gasteiger partial charge is 0.490 e. The number of ether oxygens (including phenoxy) is 1. The van der Waals surface area contributed by atoms with E-state index in [4.69, 9.17) is 16.3 Å². The summed E-state index contributed by atoms with van der Waals surface area (Å²) in [5.74, 6) is 4.76. The molecule has 2 aliphatic carbocycles. The van der Waals surface area contributed by atoms with Crippen LogP contribution in [0.4, 0.5) is 5.69 Å². The Morgan fingerprint density at radius 3 is 2.66 bits per heavy atom. The van der Waals surface area contributed by atoms with Gasteiger partial charge in [0.2, 0.25) is 5.91 Å². The fourth-order valence-corrected chi connectivity index (χ4v) is 12.6. The van der Waals surface area contributed by atoms with Gasteiger partial charge in [0, 0.05) is 86.2 Å². The molecular formula is C44H60ClN5O5S. The first-order valence-corrected chi connectivity index (χ1v) is 23.0. The molecule has 2 N–H and O–H groups in total. The number of piperazine rings is 2. The van der Waals surface area contributed by atoms with Crippen LogP contribution in [0.25, 0.3) is 0 Å². The van der Waals surface area contributed by atoms with E-state index in [-0.39, 0.29) is 46.3 Å². The summed E-state index contributed by atoms with van der Waals surface area (Å²) in [7, 11) is -2.99. The van der Waals surface area contributed by atoms with Crippen molar-refractivity contribution in [1.82, 2.24) is 19.4 Å². The minimum atomic E-state index is -2.99. The Balaban J connectivity index is 1.13. The number of β-amino-alcohol motifs (C(OH)–C–C–N with tert-alkyl or cyclic N) is 1. The predicted molar refractivity (Wildman–Crippen MR) is 225 cm³/mol. The van der Waals surface area contributed by atoms with E-state index in [1.807, 2.05) is 30.0 Å². The molecule has 56 heavy (non-hydrogen) atoms. The molecule has 12 heteroatoms. The molecule has 2 aromatic rings. The molecule has 10 nitrogen and oxygen atoms in total. The Morgan fingerprint density at radius 1 is 1.05 bits per heavy atom. The van der Waals surface area contributed by atoms with Crippen LogP contribution < -0.4 is 14.4 Å². The number of carbonyl (C=O) groups is 2. The van der Waals surface area contributed by atoms with E-state index in [1.54, 1.807) is 6.07 Å². The molecule has 2 unspecified atom stereocenters. The van der Waals surface area contributed by atoms with Gasteiger partial charge in [0.1, 0.15) is 5.75 Å². The Labute approximate surface area is 338 Å². The number of aliphatic hydroxyl groups is 1. The monoisotopic (exact) mass is 805 g/mol. The van der Waals surface area contributed by atoms with Crippen LogP contribution in [0.1, 0.15) is 80.3 Å². The molecule has 4 heterocycles. The first kappa shape index (κ1) is 39.7. The van der Waals surface area contributed by atoms with Gasteiger partial charge in [-0.1, -0.05) is 37.6 Å². The normalized spacial score (nSPS) is 35.5. The third-order valence-corrected chi connectivity index (χ3v) is 17.0. The van der Waals surface area contributed by atoms with Crippen molar-refractivity contribution in [3.8, 4) is 5.75 Å². The Morgan fingerprint density at radius 2 is 1.88 bits per heavy atom. The second kappa shape index (κ2) is 15.6. The number of hydrogen-bond acceptors (Lipinski definition) is 8. The van der Waals surface area contributed by atoms with Crippen molar-refractivity contribution in [2.75, 3.05) is 70.4 Å². The summed E-state index contributed by atoms with van der Waals surface area (Å²) in [4.78, 5) is 35.7. The summed E-state index contributed by atoms with van der Waals surface area (Å²) in [6.07, 6.45) is 8.56. The lowest BCUT2D eigenvalue weighted by atomic mass is 9.62. The molecule has 304 valence electrons. The van der Waals surface area contributed by atoms with E-state index in [2.05, 4.69) is 50.9 Å². The minimum absolute atomic E-state index is 0.0146. The number of nitrogens with one attached hydrogen (secondary N) is 1. The SMILES string of the molecule is C=CC(=O)N1CCN2CCN(C[C@]3(O)CCC[C@H](C)[C@@H](C)S(=C)(=O)NC(=O)c4ccc5c(c4)N(C[C@@H]4CC[C@H]43)C[C@@]3(CCCc4cc(Cl)ccc43)CO5)CC2C1. The van der Waals surface area contributed by atoms with E-state index in [0.717, 1.165) is 101 Å². The quantitative estimate of drug-likeness (QED) is 0.325. The summed E-state index contributed by atoms with van der Waals surface area (Å²) in [6, 6.07) is 12.1. The van der Waals surface area contributed by atoms with Gasteiger partial charge in [0.15, 0.2) is 0 Å². The van der Waals surface area contributed by atoms with Gasteiger partial charge in [-0.3, -0.25) is 24.1 Å². The Kier molecular flexibility index (Phi) is 11.1. The highest BCUT2D eigenvalue weighted by Gasteiger charge is 2.50. The Hall–Kier alpha value is -3.09. The summed E-state index contributed by atoms with van der Waals surface area (Å²) >= 11 is 6.52. The third-order valence-electron chi connectivity index (χ3n) is 14.6. The molecule has 4 aliphatic heterocycles. The average Bonchev–Trinajstić information content (AvgIpc) is 3.31. The van der Waals surface area contributed by atoms with E-state index >= 15 is 0 Å². The molecule has 8 atom stereocenters. The fraction of sp³-hybridized carbons (Fsp3) is 0.614. The molecule has 3 fully saturated rings. The number of amides is 2. The van der Waals surface area contributed by atoms with Gasteiger partial charge in [-0.25, -0.2) is 4.21 Å². The number of aryl methyl sites for hydroxylation is 1. The van der Waals surface area contributed by atoms with Crippen molar-refractivity contribution in [1.29, 1.82) is 0 Å². The van der Waals surface area contributed by atoms with Crippen LogP contribution in [0, 0.1) is 17.8 Å². The highest BCUT2D eigenvalue weighted by atomic mass is 35.5. The second-order valence-electron chi connectivity index (χ2n) is 18.0. The fourth-order valence-electron chi connectivity index (χ4n) is 10.9. The maximum Gasteiger partial charge on any atom is 0.262 e. The number of carbonyl (C=O) groups excluding carboxylic acids is 2. The van der Waals surface area contributed by atoms with Crippen molar-refractivity contribution in [2.45, 2.75) is 87.5 Å². The van der Waals surface area contributed by atoms with Gasteiger partial charge in [0.25, 0.3) is 5.91 Å². The van der Waals surface area contributed by atoms with Crippen LogP contribution in [-0.4, -0.2) is 124 Å². The maximum absolute atomic E-state index is 14.1. The highest BCUT2D eigenvalue weighted by Crippen LogP contribution is 2.49. The lowest BCUT2D eigenvalue weighted by Gasteiger charge is -2.53. The zero-order chi connectivity index (χ0) is 39.4. The Bertz CT molecular complexity index is 1960. The molecule has 1 spiro atoms. The van der Waals surface area contributed by atoms with Crippen molar-refractivity contribution >= 4 is 44.7 Å². The molecule has 6 aliphatic rings. The van der Waals surface area contributed by atoms with Gasteiger partial charge in [-0.15, -0.1) is 0 Å². The van der Waals surface area contributed by atoms with E-state index in [1.165, 1.54) is 17.2 Å². The van der Waals surface area contributed by atoms with E-state index in [9.17, 15) is 18.9 Å². The number of halogens is 1. The lowest BCUT2D eigenvalue weighted by molar-refractivity contribution is -0.132. The molecule has 8 rings (SSSR count). The number of nitrogens with zero attached hydrogens (tertiary/aromatic N) is 4. The van der Waals surface area contributed by atoms with Crippen LogP contribution in [0.3, 0.4) is 0 Å². The molecule has 2 amide bonds. The summed E-state index contributed by atoms with van der Waals surface area (Å²) in [5.41, 5.74) is 2.65. The topological polar surface area (TPSA) is 106 Å². The van der Waals surface area contributed by atoms with Crippen molar-refractivity contribution in [2.24, 2.45) is 17.8 Å². The van der Waals surface area contributed by atoms with Gasteiger partial charge in [0.05, 0.1) is 27.6 Å². The molecule has 0 radical (unpaired) electrons. The first-order valence-electron chi connectivity index (χ1n) is 20.9. The number of rotatable bonds is 3. The van der Waals surface area contributed by atoms with Gasteiger partial charge in [-0.05, 0) is 123 Å². The van der Waals surface area contributed by atoms with Crippen molar-refractivity contribution in [3.63, 3.8) is 0 Å². The average molecular weight is 807 g/mol. The zero-order valence-electron chi connectivity index (χ0n) is 33.2. The molecule has 2 aromatic carbocycles. The summed E-state index contributed by atoms with van der Waals surface area (Å²) in [6.45, 7) is 15.1. The van der Waals surface area contributed by atoms with Crippen LogP contribution in [0.2, 0.25) is 5.02 Å². The number of benzene rings is 2. The summed E-state index contributed by atoms with van der Waals surface area (Å²) in [5, 5.41) is 13.5. The zero-order valence-corrected chi connectivity index (χ0v) is 34.8. The molecule has 2 bridgehead atoms. The van der Waals surface area contributed by atoms with Crippen LogP contribution >= 0.6 is 11.6 Å². The first-order chi connectivity index (χ1) is 26.8. The van der Waals surface area contributed by atoms with Crippen molar-refractivity contribution < 1.29 is 23.6 Å². The number of anilines is 1. The minimum Gasteiger partial charge on any atom is -0.490 e. The maximum atomic E-state index is 14.1. The van der Waals surface area contributed by atoms with E-state index < -0.39 is 15.3 Å². The van der Waals surface area contributed by atoms with E-state index in [0.29, 0.717) is 38.2 Å². The third kappa shape index (κ3) is 7.63. The lowest BCUT2D eigenvalue weighted by Crippen LogP contribution is -2.65. The summed E-state index contributed by atoms with van der Waals surface area (Å²) < 4.78 is 23.6. The van der Waals surface area contributed by atoms with Gasteiger partial charge < -0.3 is 19.6 Å². The predicted octanol–water partition coefficient (Wildman–Crippen LogP) is 5.15. The molecule has 2 saturated heterocycles.